The van der Waals surface area contributed by atoms with Crippen molar-refractivity contribution in [2.45, 2.75) is 0 Å². The Bertz CT molecular complexity index is 207. The van der Waals surface area contributed by atoms with Gasteiger partial charge in [0.15, 0.2) is 11.5 Å². The Kier molecular flexibility index (Phi) is 3.09. The van der Waals surface area contributed by atoms with Crippen molar-refractivity contribution in [1.82, 2.24) is 0 Å². The van der Waals surface area contributed by atoms with E-state index in [1.54, 1.807) is 6.07 Å². The van der Waals surface area contributed by atoms with Crippen LogP contribution in [-0.4, -0.2) is 18.6 Å². The zero-order valence-corrected chi connectivity index (χ0v) is 5.84. The van der Waals surface area contributed by atoms with Crippen molar-refractivity contribution in [2.24, 2.45) is 0 Å². The average Bonchev–Trinajstić information content (AvgIpc) is 1.83. The lowest BCUT2D eigenvalue weighted by Gasteiger charge is -1.96. The zero-order chi connectivity index (χ0) is 6.85. The maximum Gasteiger partial charge on any atom is 0.176 e. The Morgan fingerprint density at radius 1 is 1.20 bits per heavy atom. The number of hydrogen-bond acceptors (Lipinski definition) is 2. The van der Waals surface area contributed by atoms with E-state index >= 15 is 0 Å². The smallest absolute Gasteiger partial charge is 0.176 e. The van der Waals surface area contributed by atoms with Crippen LogP contribution < -0.4 is 0 Å². The molecule has 0 aromatic heterocycles. The molecular formula is C6H5BClO2. The number of para-hydroxylation sites is 1. The number of hydrogen-bond donors (Lipinski definition) is 2. The van der Waals surface area contributed by atoms with Crippen molar-refractivity contribution >= 4 is 20.0 Å². The van der Waals surface area contributed by atoms with E-state index < -0.39 is 0 Å². The summed E-state index contributed by atoms with van der Waals surface area (Å²) in [7, 11) is 0. The van der Waals surface area contributed by atoms with Crippen LogP contribution in [0, 0.1) is 0 Å². The van der Waals surface area contributed by atoms with E-state index in [9.17, 15) is 0 Å². The second kappa shape index (κ2) is 3.37. The van der Waals surface area contributed by atoms with Gasteiger partial charge in [-0.2, -0.15) is 0 Å². The minimum atomic E-state index is -0.265. The molecule has 0 aliphatic rings. The summed E-state index contributed by atoms with van der Waals surface area (Å²) < 4.78 is 0. The molecule has 1 aromatic rings. The van der Waals surface area contributed by atoms with E-state index in [4.69, 9.17) is 21.8 Å². The Morgan fingerprint density at radius 2 is 1.80 bits per heavy atom. The monoisotopic (exact) mass is 155 g/mol. The second-order valence-corrected chi connectivity index (χ2v) is 2.01. The Balaban J connectivity index is 0.000000810. The van der Waals surface area contributed by atoms with E-state index in [1.807, 2.05) is 0 Å². The molecule has 0 atom stereocenters. The summed E-state index contributed by atoms with van der Waals surface area (Å²) in [5.74, 6) is -0.457. The predicted octanol–water partition coefficient (Wildman–Crippen LogP) is 1.37. The molecule has 2 nitrogen and oxygen atoms in total. The van der Waals surface area contributed by atoms with Gasteiger partial charge in [-0.25, -0.2) is 0 Å². The SMILES string of the molecule is Oc1cccc(Cl)c1O.[B]. The highest BCUT2D eigenvalue weighted by atomic mass is 35.5. The molecule has 3 radical (unpaired) electrons. The highest BCUT2D eigenvalue weighted by Gasteiger charge is 2.00. The normalized spacial score (nSPS) is 8.50. The fourth-order valence-corrected chi connectivity index (χ4v) is 0.674. The minimum absolute atomic E-state index is 0. The average molecular weight is 155 g/mol. The summed E-state index contributed by atoms with van der Waals surface area (Å²) in [4.78, 5) is 0. The number of benzene rings is 1. The molecule has 0 amide bonds. The van der Waals surface area contributed by atoms with Crippen molar-refractivity contribution in [2.75, 3.05) is 0 Å². The first kappa shape index (κ1) is 9.17. The lowest BCUT2D eigenvalue weighted by atomic mass is 10.3. The van der Waals surface area contributed by atoms with Gasteiger partial charge in [0.2, 0.25) is 0 Å². The van der Waals surface area contributed by atoms with Gasteiger partial charge in [0.25, 0.3) is 0 Å². The first-order chi connectivity index (χ1) is 4.22. The molecule has 0 fully saturated rings. The number of aromatic hydroxyl groups is 2. The van der Waals surface area contributed by atoms with E-state index in [1.165, 1.54) is 12.1 Å². The molecule has 0 saturated carbocycles. The van der Waals surface area contributed by atoms with Gasteiger partial charge in [0.1, 0.15) is 0 Å². The molecule has 4 heteroatoms. The molecule has 0 unspecified atom stereocenters. The molecular weight excluding hydrogens is 150 g/mol. The summed E-state index contributed by atoms with van der Waals surface area (Å²) in [6.45, 7) is 0. The van der Waals surface area contributed by atoms with E-state index in [0.717, 1.165) is 0 Å². The van der Waals surface area contributed by atoms with Crippen LogP contribution in [0.3, 0.4) is 0 Å². The standard InChI is InChI=1S/C6H5ClO2.B/c7-4-2-1-3-5(8)6(4)9;/h1-3,8-9H;. The number of rotatable bonds is 0. The number of phenolic OH excluding ortho intramolecular Hbond substituents is 2. The molecule has 1 rings (SSSR count). The maximum absolute atomic E-state index is 8.82. The Hall–Kier alpha value is -0.825. The Labute approximate surface area is 65.6 Å². The van der Waals surface area contributed by atoms with Gasteiger partial charge in [0, 0.05) is 8.41 Å². The quantitative estimate of drug-likeness (QED) is 0.439. The molecule has 1 aromatic carbocycles. The molecule has 0 bridgehead atoms. The van der Waals surface area contributed by atoms with Crippen LogP contribution in [0.5, 0.6) is 11.5 Å². The molecule has 10 heavy (non-hydrogen) atoms. The molecule has 0 saturated heterocycles. The van der Waals surface area contributed by atoms with Crippen LogP contribution in [-0.2, 0) is 0 Å². The van der Waals surface area contributed by atoms with E-state index in [-0.39, 0.29) is 24.9 Å². The van der Waals surface area contributed by atoms with Crippen LogP contribution >= 0.6 is 11.6 Å². The molecule has 51 valence electrons. The minimum Gasteiger partial charge on any atom is -0.504 e. The van der Waals surface area contributed by atoms with Crippen LogP contribution in [0.4, 0.5) is 0 Å². The highest BCUT2D eigenvalue weighted by Crippen LogP contribution is 2.31. The zero-order valence-electron chi connectivity index (χ0n) is 5.08. The Morgan fingerprint density at radius 3 is 2.20 bits per heavy atom. The summed E-state index contributed by atoms with van der Waals surface area (Å²) in [6, 6.07) is 4.41. The summed E-state index contributed by atoms with van der Waals surface area (Å²) in [5, 5.41) is 17.8. The second-order valence-electron chi connectivity index (χ2n) is 1.61. The number of phenols is 2. The maximum atomic E-state index is 8.82. The van der Waals surface area contributed by atoms with Gasteiger partial charge >= 0.3 is 0 Å². The summed E-state index contributed by atoms with van der Waals surface area (Å²) >= 11 is 5.40. The lowest BCUT2D eigenvalue weighted by Crippen LogP contribution is -1.67. The molecule has 0 heterocycles. The first-order valence-corrected chi connectivity index (χ1v) is 2.76. The third kappa shape index (κ3) is 1.58. The molecule has 2 N–H and O–H groups in total. The van der Waals surface area contributed by atoms with Gasteiger partial charge in [-0.15, -0.1) is 0 Å². The van der Waals surface area contributed by atoms with Gasteiger partial charge in [0.05, 0.1) is 5.02 Å². The van der Waals surface area contributed by atoms with Gasteiger partial charge in [-0.3, -0.25) is 0 Å². The van der Waals surface area contributed by atoms with E-state index in [0.29, 0.717) is 0 Å². The summed E-state index contributed by atoms with van der Waals surface area (Å²) in [5.41, 5.74) is 0. The van der Waals surface area contributed by atoms with Crippen LogP contribution in [0.1, 0.15) is 0 Å². The fraction of sp³-hybridized carbons (Fsp3) is 0. The molecule has 0 aliphatic carbocycles. The van der Waals surface area contributed by atoms with Gasteiger partial charge in [-0.05, 0) is 12.1 Å². The first-order valence-electron chi connectivity index (χ1n) is 2.38. The third-order valence-electron chi connectivity index (χ3n) is 0.965. The fourth-order valence-electron chi connectivity index (χ4n) is 0.504. The van der Waals surface area contributed by atoms with Crippen molar-refractivity contribution in [1.29, 1.82) is 0 Å². The van der Waals surface area contributed by atoms with Crippen molar-refractivity contribution in [3.8, 4) is 11.5 Å². The van der Waals surface area contributed by atoms with Gasteiger partial charge in [-0.1, -0.05) is 17.7 Å². The van der Waals surface area contributed by atoms with Gasteiger partial charge < -0.3 is 10.2 Å². The topological polar surface area (TPSA) is 40.5 Å². The van der Waals surface area contributed by atoms with Crippen LogP contribution in [0.25, 0.3) is 0 Å². The molecule has 0 aliphatic heterocycles. The third-order valence-corrected chi connectivity index (χ3v) is 1.27. The van der Waals surface area contributed by atoms with Crippen LogP contribution in [0.15, 0.2) is 18.2 Å². The van der Waals surface area contributed by atoms with E-state index in [2.05, 4.69) is 0 Å². The molecule has 0 spiro atoms. The van der Waals surface area contributed by atoms with Crippen molar-refractivity contribution < 1.29 is 10.2 Å². The summed E-state index contributed by atoms with van der Waals surface area (Å²) in [6.07, 6.45) is 0. The number of halogens is 1. The van der Waals surface area contributed by atoms with Crippen molar-refractivity contribution in [3.63, 3.8) is 0 Å². The van der Waals surface area contributed by atoms with Crippen molar-refractivity contribution in [3.05, 3.63) is 23.2 Å². The lowest BCUT2D eigenvalue weighted by molar-refractivity contribution is 0.404. The van der Waals surface area contributed by atoms with Crippen LogP contribution in [0.2, 0.25) is 5.02 Å². The largest absolute Gasteiger partial charge is 0.504 e. The predicted molar refractivity (Wildman–Crippen MR) is 40.5 cm³/mol. The highest BCUT2D eigenvalue weighted by molar-refractivity contribution is 6.32.